The fraction of sp³-hybridized carbons (Fsp3) is 0.467. The maximum atomic E-state index is 13.8. The third kappa shape index (κ3) is 4.43. The van der Waals surface area contributed by atoms with Crippen LogP contribution in [0.3, 0.4) is 0 Å². The minimum absolute atomic E-state index is 0.00739. The Balaban J connectivity index is 1.42. The van der Waals surface area contributed by atoms with Crippen LogP contribution in [-0.2, 0) is 6.54 Å². The van der Waals surface area contributed by atoms with Gasteiger partial charge in [-0.25, -0.2) is 9.59 Å². The first-order valence-electron chi connectivity index (χ1n) is 13.5. The van der Waals surface area contributed by atoms with Crippen molar-refractivity contribution in [3.8, 4) is 17.2 Å². The summed E-state index contributed by atoms with van der Waals surface area (Å²) in [5.74, 6) is 2.14. The molecule has 0 aliphatic carbocycles. The number of benzene rings is 2. The van der Waals surface area contributed by atoms with Gasteiger partial charge in [0.2, 0.25) is 0 Å². The van der Waals surface area contributed by atoms with E-state index in [-0.39, 0.29) is 18.0 Å². The molecule has 5 rings (SSSR count). The highest BCUT2D eigenvalue weighted by molar-refractivity contribution is 5.91. The summed E-state index contributed by atoms with van der Waals surface area (Å²) in [6, 6.07) is 9.47. The standard InChI is InChI=1S/C30H38N4O5/c1-7-34-29(36)33-18-21-16-22(37-4)17-25(39-6)27(21)20(3)15-26(33)30(34)10-12-32(13-11-30)28(35)31-23-14-19(2)8-9-24(23)38-5/h8-9,14-17,20H,7,10-13,18H2,1-6H3,(H,31,35)/t20-/m0/s1. The van der Waals surface area contributed by atoms with Gasteiger partial charge in [0.05, 0.1) is 39.1 Å². The monoisotopic (exact) mass is 534 g/mol. The lowest BCUT2D eigenvalue weighted by Gasteiger charge is -2.44. The lowest BCUT2D eigenvalue weighted by molar-refractivity contribution is 0.106. The van der Waals surface area contributed by atoms with Crippen LogP contribution < -0.4 is 19.5 Å². The third-order valence-electron chi connectivity index (χ3n) is 8.39. The van der Waals surface area contributed by atoms with Gasteiger partial charge in [-0.2, -0.15) is 0 Å². The predicted octanol–water partition coefficient (Wildman–Crippen LogP) is 5.35. The van der Waals surface area contributed by atoms with Crippen molar-refractivity contribution in [2.45, 2.75) is 51.6 Å². The molecular formula is C30H38N4O5. The van der Waals surface area contributed by atoms with E-state index in [0.29, 0.717) is 56.2 Å². The van der Waals surface area contributed by atoms with Gasteiger partial charge in [0.25, 0.3) is 0 Å². The van der Waals surface area contributed by atoms with Crippen molar-refractivity contribution < 1.29 is 23.8 Å². The molecule has 2 saturated heterocycles. The second-order valence-electron chi connectivity index (χ2n) is 10.5. The number of piperidine rings is 1. The molecule has 3 aliphatic heterocycles. The van der Waals surface area contributed by atoms with E-state index in [9.17, 15) is 9.59 Å². The van der Waals surface area contributed by atoms with Crippen molar-refractivity contribution in [3.63, 3.8) is 0 Å². The first kappa shape index (κ1) is 26.7. The number of nitrogens with zero attached hydrogens (tertiary/aromatic N) is 3. The number of urea groups is 2. The van der Waals surface area contributed by atoms with Gasteiger partial charge in [0.1, 0.15) is 17.2 Å². The molecule has 0 radical (unpaired) electrons. The fourth-order valence-electron chi connectivity index (χ4n) is 6.46. The molecule has 2 aromatic rings. The number of allylic oxidation sites excluding steroid dienone is 1. The molecule has 208 valence electrons. The zero-order valence-electron chi connectivity index (χ0n) is 23.7. The molecule has 1 N–H and O–H groups in total. The van der Waals surface area contributed by atoms with Gasteiger partial charge in [0.15, 0.2) is 0 Å². The Labute approximate surface area is 230 Å². The number of amides is 4. The van der Waals surface area contributed by atoms with E-state index in [2.05, 4.69) is 18.3 Å². The van der Waals surface area contributed by atoms with Gasteiger partial charge >= 0.3 is 12.1 Å². The van der Waals surface area contributed by atoms with Crippen molar-refractivity contribution in [2.24, 2.45) is 0 Å². The van der Waals surface area contributed by atoms with Gasteiger partial charge < -0.3 is 29.3 Å². The van der Waals surface area contributed by atoms with E-state index in [1.54, 1.807) is 21.3 Å². The second-order valence-corrected chi connectivity index (χ2v) is 10.5. The van der Waals surface area contributed by atoms with Crippen molar-refractivity contribution in [2.75, 3.05) is 46.3 Å². The molecule has 0 saturated carbocycles. The number of ether oxygens (including phenoxy) is 3. The molecule has 0 bridgehead atoms. The summed E-state index contributed by atoms with van der Waals surface area (Å²) >= 11 is 0. The molecule has 1 spiro atoms. The van der Waals surface area contributed by atoms with Crippen LogP contribution >= 0.6 is 0 Å². The minimum Gasteiger partial charge on any atom is -0.497 e. The van der Waals surface area contributed by atoms with Gasteiger partial charge in [-0.1, -0.05) is 19.1 Å². The highest BCUT2D eigenvalue weighted by Gasteiger charge is 2.55. The third-order valence-corrected chi connectivity index (χ3v) is 8.39. The number of anilines is 1. The van der Waals surface area contributed by atoms with Crippen LogP contribution in [0.2, 0.25) is 0 Å². The van der Waals surface area contributed by atoms with Gasteiger partial charge in [-0.05, 0) is 56.0 Å². The topological polar surface area (TPSA) is 83.6 Å². The number of fused-ring (bicyclic) bond motifs is 3. The Morgan fingerprint density at radius 2 is 1.77 bits per heavy atom. The first-order chi connectivity index (χ1) is 18.8. The quantitative estimate of drug-likeness (QED) is 0.560. The number of likely N-dealkylation sites (N-methyl/N-ethyl adjacent to an activating group) is 1. The number of carbonyl (C=O) groups excluding carboxylic acids is 2. The number of carbonyl (C=O) groups is 2. The van der Waals surface area contributed by atoms with Gasteiger partial charge in [-0.3, -0.25) is 4.90 Å². The van der Waals surface area contributed by atoms with Gasteiger partial charge in [-0.15, -0.1) is 0 Å². The number of methoxy groups -OCH3 is 3. The SMILES string of the molecule is CCN1C(=O)N2Cc3cc(OC)cc(OC)c3[C@@H](C)C=C2C12CCN(C(=O)Nc1cc(C)ccc1OC)CC2. The largest absolute Gasteiger partial charge is 0.497 e. The summed E-state index contributed by atoms with van der Waals surface area (Å²) in [7, 11) is 4.90. The van der Waals surface area contributed by atoms with Crippen LogP contribution in [0.1, 0.15) is 49.3 Å². The Morgan fingerprint density at radius 1 is 1.05 bits per heavy atom. The molecule has 1 atom stereocenters. The van der Waals surface area contributed by atoms with Crippen LogP contribution in [0.4, 0.5) is 15.3 Å². The van der Waals surface area contributed by atoms with Crippen molar-refractivity contribution >= 4 is 17.7 Å². The second kappa shape index (κ2) is 10.4. The van der Waals surface area contributed by atoms with Gasteiger partial charge in [0, 0.05) is 42.9 Å². The molecule has 4 amide bonds. The number of likely N-dealkylation sites (tertiary alicyclic amines) is 1. The smallest absolute Gasteiger partial charge is 0.325 e. The predicted molar refractivity (Wildman–Crippen MR) is 150 cm³/mol. The lowest BCUT2D eigenvalue weighted by atomic mass is 9.82. The summed E-state index contributed by atoms with van der Waals surface area (Å²) in [4.78, 5) is 32.8. The highest BCUT2D eigenvalue weighted by atomic mass is 16.5. The van der Waals surface area contributed by atoms with Crippen molar-refractivity contribution in [1.29, 1.82) is 0 Å². The van der Waals surface area contributed by atoms with Crippen LogP contribution in [0.25, 0.3) is 0 Å². The molecule has 3 aliphatic rings. The normalized spacial score (nSPS) is 19.7. The number of rotatable bonds is 5. The maximum Gasteiger partial charge on any atom is 0.325 e. The van der Waals surface area contributed by atoms with E-state index in [1.807, 2.05) is 58.9 Å². The Hall–Kier alpha value is -3.88. The number of hydrogen-bond donors (Lipinski definition) is 1. The average molecular weight is 535 g/mol. The number of hydrogen-bond acceptors (Lipinski definition) is 5. The Bertz CT molecular complexity index is 1310. The molecule has 0 aromatic heterocycles. The minimum atomic E-state index is -0.461. The molecular weight excluding hydrogens is 496 g/mol. The maximum absolute atomic E-state index is 13.8. The van der Waals surface area contributed by atoms with Crippen molar-refractivity contribution in [1.82, 2.24) is 14.7 Å². The zero-order chi connectivity index (χ0) is 27.9. The lowest BCUT2D eigenvalue weighted by Crippen LogP contribution is -2.55. The number of nitrogens with one attached hydrogen (secondary N) is 1. The number of aryl methyl sites for hydroxylation is 1. The summed E-state index contributed by atoms with van der Waals surface area (Å²) in [5, 5.41) is 3.02. The van der Waals surface area contributed by atoms with Crippen LogP contribution in [0, 0.1) is 6.92 Å². The molecule has 9 heteroatoms. The van der Waals surface area contributed by atoms with Crippen LogP contribution in [0.5, 0.6) is 17.2 Å². The molecule has 2 fully saturated rings. The van der Waals surface area contributed by atoms with E-state index < -0.39 is 5.54 Å². The highest BCUT2D eigenvalue weighted by Crippen LogP contribution is 2.49. The Kier molecular flexibility index (Phi) is 7.09. The summed E-state index contributed by atoms with van der Waals surface area (Å²) in [5.41, 5.74) is 4.36. The molecule has 3 heterocycles. The molecule has 2 aromatic carbocycles. The summed E-state index contributed by atoms with van der Waals surface area (Å²) in [6.07, 6.45) is 3.55. The first-order valence-corrected chi connectivity index (χ1v) is 13.5. The van der Waals surface area contributed by atoms with E-state index in [4.69, 9.17) is 14.2 Å². The van der Waals surface area contributed by atoms with E-state index >= 15 is 0 Å². The zero-order valence-corrected chi connectivity index (χ0v) is 23.7. The summed E-state index contributed by atoms with van der Waals surface area (Å²) < 4.78 is 16.7. The summed E-state index contributed by atoms with van der Waals surface area (Å²) in [6.45, 7) is 8.28. The fourth-order valence-corrected chi connectivity index (χ4v) is 6.46. The molecule has 39 heavy (non-hydrogen) atoms. The van der Waals surface area contributed by atoms with E-state index in [1.165, 1.54) is 0 Å². The average Bonchev–Trinajstić information content (AvgIpc) is 3.04. The van der Waals surface area contributed by atoms with Crippen LogP contribution in [0.15, 0.2) is 42.1 Å². The van der Waals surface area contributed by atoms with E-state index in [0.717, 1.165) is 28.1 Å². The molecule has 0 unspecified atom stereocenters. The van der Waals surface area contributed by atoms with Crippen LogP contribution in [-0.4, -0.2) is 73.3 Å². The molecule has 9 nitrogen and oxygen atoms in total. The van der Waals surface area contributed by atoms with Crippen molar-refractivity contribution in [3.05, 3.63) is 58.8 Å². The Morgan fingerprint density at radius 3 is 2.41 bits per heavy atom.